The summed E-state index contributed by atoms with van der Waals surface area (Å²) in [5.41, 5.74) is 1.07. The first-order valence-electron chi connectivity index (χ1n) is 2.50. The summed E-state index contributed by atoms with van der Waals surface area (Å²) in [5, 5.41) is 0. The minimum Gasteiger partial charge on any atom is -0.0917 e. The van der Waals surface area contributed by atoms with Gasteiger partial charge in [-0.1, -0.05) is 34.7 Å². The minimum absolute atomic E-state index is 1.01. The fourth-order valence-corrected chi connectivity index (χ4v) is 1.11. The molecular weight excluding hydrogens is 164 g/mol. The summed E-state index contributed by atoms with van der Waals surface area (Å²) in [7, 11) is 0. The second kappa shape index (κ2) is 2.31. The van der Waals surface area contributed by atoms with E-state index in [1.807, 2.05) is 12.2 Å². The maximum atomic E-state index is 3.77. The van der Waals surface area contributed by atoms with Crippen molar-refractivity contribution in [1.29, 1.82) is 0 Å². The van der Waals surface area contributed by atoms with Gasteiger partial charge in [-0.3, -0.25) is 0 Å². The van der Waals surface area contributed by atoms with E-state index in [4.69, 9.17) is 0 Å². The van der Waals surface area contributed by atoms with Crippen LogP contribution in [0.2, 0.25) is 0 Å². The van der Waals surface area contributed by atoms with E-state index >= 15 is 0 Å². The van der Waals surface area contributed by atoms with Gasteiger partial charge in [0.1, 0.15) is 0 Å². The average molecular weight is 171 g/mol. The molecule has 0 fully saturated rings. The van der Waals surface area contributed by atoms with Crippen molar-refractivity contribution in [2.24, 2.45) is 0 Å². The molecule has 0 heterocycles. The third-order valence-electron chi connectivity index (χ3n) is 0.987. The van der Waals surface area contributed by atoms with E-state index in [1.165, 1.54) is 4.48 Å². The molecule has 0 aromatic rings. The molecule has 1 heteroatoms. The molecule has 0 unspecified atom stereocenters. The first-order chi connectivity index (χ1) is 3.79. The number of allylic oxidation sites excluding steroid dienone is 5. The Labute approximate surface area is 57.7 Å². The average Bonchev–Trinajstić information content (AvgIpc) is 1.64. The summed E-state index contributed by atoms with van der Waals surface area (Å²) in [6, 6.07) is 0. The Kier molecular flexibility index (Phi) is 1.69. The van der Waals surface area contributed by atoms with Crippen LogP contribution in [-0.2, 0) is 0 Å². The SMILES string of the molecule is C=C1C=CCC(Br)=C1. The molecular formula is C7H7Br. The van der Waals surface area contributed by atoms with E-state index < -0.39 is 0 Å². The van der Waals surface area contributed by atoms with Crippen LogP contribution in [0.15, 0.2) is 34.9 Å². The van der Waals surface area contributed by atoms with Crippen molar-refractivity contribution in [3.63, 3.8) is 0 Å². The van der Waals surface area contributed by atoms with Crippen molar-refractivity contribution >= 4 is 15.9 Å². The number of rotatable bonds is 0. The molecule has 8 heavy (non-hydrogen) atoms. The monoisotopic (exact) mass is 170 g/mol. The zero-order valence-electron chi connectivity index (χ0n) is 4.52. The van der Waals surface area contributed by atoms with Crippen LogP contribution < -0.4 is 0 Å². The van der Waals surface area contributed by atoms with Crippen molar-refractivity contribution < 1.29 is 0 Å². The molecule has 1 aliphatic carbocycles. The van der Waals surface area contributed by atoms with Crippen LogP contribution in [0, 0.1) is 0 Å². The van der Waals surface area contributed by atoms with E-state index in [2.05, 4.69) is 28.6 Å². The predicted octanol–water partition coefficient (Wildman–Crippen LogP) is 2.78. The molecule has 0 N–H and O–H groups in total. The smallest absolute Gasteiger partial charge is 0.000585 e. The first kappa shape index (κ1) is 5.83. The molecule has 0 aromatic carbocycles. The molecule has 0 radical (unpaired) electrons. The molecule has 0 aromatic heterocycles. The van der Waals surface area contributed by atoms with Gasteiger partial charge in [-0.25, -0.2) is 0 Å². The summed E-state index contributed by atoms with van der Waals surface area (Å²) in [4.78, 5) is 0. The fraction of sp³-hybridized carbons (Fsp3) is 0.143. The third kappa shape index (κ3) is 1.34. The van der Waals surface area contributed by atoms with Gasteiger partial charge in [-0.2, -0.15) is 0 Å². The van der Waals surface area contributed by atoms with Gasteiger partial charge in [0.15, 0.2) is 0 Å². The highest BCUT2D eigenvalue weighted by atomic mass is 79.9. The quantitative estimate of drug-likeness (QED) is 0.525. The van der Waals surface area contributed by atoms with Crippen LogP contribution in [0.5, 0.6) is 0 Å². The Balaban J connectivity index is 2.74. The zero-order chi connectivity index (χ0) is 5.98. The van der Waals surface area contributed by atoms with Crippen LogP contribution in [0.1, 0.15) is 6.42 Å². The fourth-order valence-electron chi connectivity index (χ4n) is 0.631. The van der Waals surface area contributed by atoms with Crippen molar-refractivity contribution in [2.45, 2.75) is 6.42 Å². The second-order valence-electron chi connectivity index (χ2n) is 1.77. The highest BCUT2D eigenvalue weighted by molar-refractivity contribution is 9.11. The standard InChI is InChI=1S/C7H7Br/c1-6-3-2-4-7(8)5-6/h2-3,5H,1,4H2. The molecule has 1 aliphatic rings. The molecule has 0 amide bonds. The van der Waals surface area contributed by atoms with Gasteiger partial charge in [0.05, 0.1) is 0 Å². The number of halogens is 1. The Morgan fingerprint density at radius 3 is 2.75 bits per heavy atom. The normalized spacial score (nSPS) is 18.6. The van der Waals surface area contributed by atoms with Crippen LogP contribution in [-0.4, -0.2) is 0 Å². The molecule has 1 rings (SSSR count). The molecule has 42 valence electrons. The van der Waals surface area contributed by atoms with Gasteiger partial charge in [0.25, 0.3) is 0 Å². The van der Waals surface area contributed by atoms with Crippen LogP contribution in [0.3, 0.4) is 0 Å². The highest BCUT2D eigenvalue weighted by Gasteiger charge is 1.93. The van der Waals surface area contributed by atoms with Gasteiger partial charge in [-0.15, -0.1) is 0 Å². The Bertz CT molecular complexity index is 163. The van der Waals surface area contributed by atoms with Gasteiger partial charge >= 0.3 is 0 Å². The molecule has 0 spiro atoms. The molecule has 0 nitrogen and oxygen atoms in total. The van der Waals surface area contributed by atoms with Crippen LogP contribution in [0.4, 0.5) is 0 Å². The third-order valence-corrected chi connectivity index (χ3v) is 1.54. The predicted molar refractivity (Wildman–Crippen MR) is 39.9 cm³/mol. The van der Waals surface area contributed by atoms with Crippen LogP contribution in [0.25, 0.3) is 0 Å². The molecule has 0 saturated heterocycles. The maximum Gasteiger partial charge on any atom is -0.000585 e. The zero-order valence-corrected chi connectivity index (χ0v) is 6.11. The minimum atomic E-state index is 1.01. The topological polar surface area (TPSA) is 0 Å². The maximum absolute atomic E-state index is 3.77. The number of hydrogen-bond acceptors (Lipinski definition) is 0. The molecule has 0 saturated carbocycles. The number of hydrogen-bond donors (Lipinski definition) is 0. The summed E-state index contributed by atoms with van der Waals surface area (Å²) in [6.07, 6.45) is 7.15. The summed E-state index contributed by atoms with van der Waals surface area (Å²) < 4.78 is 1.21. The molecule has 0 bridgehead atoms. The van der Waals surface area contributed by atoms with E-state index in [0.29, 0.717) is 0 Å². The summed E-state index contributed by atoms with van der Waals surface area (Å²) >= 11 is 3.38. The van der Waals surface area contributed by atoms with Gasteiger partial charge in [0.2, 0.25) is 0 Å². The largest absolute Gasteiger partial charge is 0.0917 e. The van der Waals surface area contributed by atoms with E-state index in [-0.39, 0.29) is 0 Å². The van der Waals surface area contributed by atoms with E-state index in [9.17, 15) is 0 Å². The van der Waals surface area contributed by atoms with Crippen LogP contribution >= 0.6 is 15.9 Å². The lowest BCUT2D eigenvalue weighted by atomic mass is 10.1. The summed E-state index contributed by atoms with van der Waals surface area (Å²) in [5.74, 6) is 0. The van der Waals surface area contributed by atoms with Crippen molar-refractivity contribution in [2.75, 3.05) is 0 Å². The first-order valence-corrected chi connectivity index (χ1v) is 3.30. The van der Waals surface area contributed by atoms with E-state index in [1.54, 1.807) is 0 Å². The summed E-state index contributed by atoms with van der Waals surface area (Å²) in [6.45, 7) is 3.77. The van der Waals surface area contributed by atoms with Crippen molar-refractivity contribution in [1.82, 2.24) is 0 Å². The Morgan fingerprint density at radius 1 is 1.62 bits per heavy atom. The van der Waals surface area contributed by atoms with Crippen molar-refractivity contribution in [3.8, 4) is 0 Å². The molecule has 0 aliphatic heterocycles. The lowest BCUT2D eigenvalue weighted by molar-refractivity contribution is 1.32. The van der Waals surface area contributed by atoms with E-state index in [0.717, 1.165) is 12.0 Å². The lowest BCUT2D eigenvalue weighted by Crippen LogP contribution is -1.78. The van der Waals surface area contributed by atoms with Crippen molar-refractivity contribution in [3.05, 3.63) is 34.9 Å². The molecule has 0 atom stereocenters. The lowest BCUT2D eigenvalue weighted by Gasteiger charge is -1.99. The Hall–Kier alpha value is -0.300. The highest BCUT2D eigenvalue weighted by Crippen LogP contribution is 2.18. The second-order valence-corrected chi connectivity index (χ2v) is 2.79. The van der Waals surface area contributed by atoms with Gasteiger partial charge in [0, 0.05) is 0 Å². The van der Waals surface area contributed by atoms with Gasteiger partial charge in [-0.05, 0) is 22.6 Å². The van der Waals surface area contributed by atoms with Gasteiger partial charge < -0.3 is 0 Å². The Morgan fingerprint density at radius 2 is 2.38 bits per heavy atom.